The lowest BCUT2D eigenvalue weighted by Gasteiger charge is -2.26. The molecule has 0 saturated carbocycles. The number of aliphatic carboxylic acids is 1. The van der Waals surface area contributed by atoms with Gasteiger partial charge in [0.1, 0.15) is 0 Å². The molecule has 0 aromatic rings. The third kappa shape index (κ3) is 5.40. The van der Waals surface area contributed by atoms with Crippen LogP contribution in [0.5, 0.6) is 0 Å². The topological polar surface area (TPSA) is 66.4 Å². The first-order valence-electron chi connectivity index (χ1n) is 5.16. The van der Waals surface area contributed by atoms with Crippen LogP contribution in [0.15, 0.2) is 0 Å². The molecule has 0 fully saturated rings. The van der Waals surface area contributed by atoms with Crippen molar-refractivity contribution in [2.24, 2.45) is 11.3 Å². The van der Waals surface area contributed by atoms with E-state index in [1.165, 1.54) is 0 Å². The lowest BCUT2D eigenvalue weighted by atomic mass is 9.78. The van der Waals surface area contributed by atoms with Crippen LogP contribution in [0, 0.1) is 11.3 Å². The molecule has 4 heteroatoms. The number of amides is 1. The molecule has 1 unspecified atom stereocenters. The van der Waals surface area contributed by atoms with E-state index in [4.69, 9.17) is 5.11 Å². The average molecular weight is 215 g/mol. The van der Waals surface area contributed by atoms with Crippen molar-refractivity contribution < 1.29 is 14.7 Å². The molecule has 0 bridgehead atoms. The van der Waals surface area contributed by atoms with E-state index < -0.39 is 17.3 Å². The summed E-state index contributed by atoms with van der Waals surface area (Å²) in [5.41, 5.74) is -0.403. The molecule has 0 saturated heterocycles. The van der Waals surface area contributed by atoms with Crippen molar-refractivity contribution in [1.29, 1.82) is 0 Å². The number of hydrogen-bond donors (Lipinski definition) is 2. The summed E-state index contributed by atoms with van der Waals surface area (Å²) in [6.07, 6.45) is 0.0387. The van der Waals surface area contributed by atoms with E-state index in [1.807, 2.05) is 34.6 Å². The van der Waals surface area contributed by atoms with Crippen LogP contribution in [0.3, 0.4) is 0 Å². The molecule has 88 valence electrons. The van der Waals surface area contributed by atoms with Gasteiger partial charge in [-0.05, 0) is 19.3 Å². The van der Waals surface area contributed by atoms with Crippen molar-refractivity contribution in [2.45, 2.75) is 47.1 Å². The molecule has 1 amide bonds. The number of nitrogens with one attached hydrogen (secondary N) is 1. The Bertz CT molecular complexity index is 241. The second-order valence-corrected chi connectivity index (χ2v) is 5.18. The van der Waals surface area contributed by atoms with Gasteiger partial charge in [0.05, 0.1) is 5.92 Å². The number of rotatable bonds is 4. The van der Waals surface area contributed by atoms with Gasteiger partial charge in [-0.2, -0.15) is 0 Å². The molecule has 2 N–H and O–H groups in total. The average Bonchev–Trinajstić information content (AvgIpc) is 1.95. The summed E-state index contributed by atoms with van der Waals surface area (Å²) in [4.78, 5) is 22.4. The minimum atomic E-state index is -0.915. The number of carbonyl (C=O) groups excluding carboxylic acids is 1. The first-order valence-corrected chi connectivity index (χ1v) is 5.16. The SMILES string of the molecule is CC(C)NC(=O)CC(C(=O)O)C(C)(C)C. The summed E-state index contributed by atoms with van der Waals surface area (Å²) in [6, 6.07) is 0.0481. The molecule has 4 nitrogen and oxygen atoms in total. The molecule has 0 heterocycles. The van der Waals surface area contributed by atoms with Crippen molar-refractivity contribution in [1.82, 2.24) is 5.32 Å². The Labute approximate surface area is 91.1 Å². The fraction of sp³-hybridized carbons (Fsp3) is 0.818. The number of carbonyl (C=O) groups is 2. The highest BCUT2D eigenvalue weighted by Gasteiger charge is 2.33. The van der Waals surface area contributed by atoms with Crippen LogP contribution in [-0.4, -0.2) is 23.0 Å². The van der Waals surface area contributed by atoms with Crippen molar-refractivity contribution in [3.05, 3.63) is 0 Å². The second-order valence-electron chi connectivity index (χ2n) is 5.18. The van der Waals surface area contributed by atoms with Gasteiger partial charge >= 0.3 is 5.97 Å². The van der Waals surface area contributed by atoms with Crippen LogP contribution < -0.4 is 5.32 Å². The molecule has 0 aromatic heterocycles. The Morgan fingerprint density at radius 2 is 1.73 bits per heavy atom. The number of hydrogen-bond acceptors (Lipinski definition) is 2. The van der Waals surface area contributed by atoms with E-state index >= 15 is 0 Å². The summed E-state index contributed by atoms with van der Waals surface area (Å²) in [5.74, 6) is -1.76. The van der Waals surface area contributed by atoms with E-state index in [0.717, 1.165) is 0 Å². The van der Waals surface area contributed by atoms with Crippen LogP contribution in [-0.2, 0) is 9.59 Å². The fourth-order valence-electron chi connectivity index (χ4n) is 1.33. The smallest absolute Gasteiger partial charge is 0.307 e. The number of carboxylic acids is 1. The van der Waals surface area contributed by atoms with E-state index in [9.17, 15) is 9.59 Å². The first-order chi connectivity index (χ1) is 6.64. The van der Waals surface area contributed by atoms with Gasteiger partial charge in [-0.3, -0.25) is 9.59 Å². The van der Waals surface area contributed by atoms with Crippen LogP contribution in [0.4, 0.5) is 0 Å². The lowest BCUT2D eigenvalue weighted by molar-refractivity contribution is -0.148. The molecule has 0 rings (SSSR count). The zero-order valence-electron chi connectivity index (χ0n) is 10.1. The Hall–Kier alpha value is -1.06. The Morgan fingerprint density at radius 3 is 2.00 bits per heavy atom. The molecular weight excluding hydrogens is 194 g/mol. The zero-order chi connectivity index (χ0) is 12.2. The molecule has 0 aliphatic heterocycles. The normalized spacial score (nSPS) is 13.7. The summed E-state index contributed by atoms with van der Waals surface area (Å²) in [6.45, 7) is 9.19. The van der Waals surface area contributed by atoms with Crippen LogP contribution in [0.25, 0.3) is 0 Å². The van der Waals surface area contributed by atoms with Crippen molar-refractivity contribution in [3.63, 3.8) is 0 Å². The number of carboxylic acid groups (broad SMARTS) is 1. The molecule has 0 radical (unpaired) electrons. The molecule has 1 atom stereocenters. The van der Waals surface area contributed by atoms with Crippen LogP contribution in [0.1, 0.15) is 41.0 Å². The predicted molar refractivity (Wildman–Crippen MR) is 58.5 cm³/mol. The van der Waals surface area contributed by atoms with Gasteiger partial charge in [-0.1, -0.05) is 20.8 Å². The predicted octanol–water partition coefficient (Wildman–Crippen LogP) is 1.65. The monoisotopic (exact) mass is 215 g/mol. The Morgan fingerprint density at radius 1 is 1.27 bits per heavy atom. The quantitative estimate of drug-likeness (QED) is 0.749. The molecule has 15 heavy (non-hydrogen) atoms. The molecule has 0 aliphatic rings. The Kier molecular flexibility index (Phi) is 4.78. The van der Waals surface area contributed by atoms with E-state index in [-0.39, 0.29) is 18.4 Å². The summed E-state index contributed by atoms with van der Waals surface area (Å²) >= 11 is 0. The maximum atomic E-state index is 11.4. The molecule has 0 aliphatic carbocycles. The lowest BCUT2D eigenvalue weighted by Crippen LogP contribution is -2.37. The van der Waals surface area contributed by atoms with Gasteiger partial charge in [0.15, 0.2) is 0 Å². The van der Waals surface area contributed by atoms with Crippen molar-refractivity contribution in [3.8, 4) is 0 Å². The van der Waals surface area contributed by atoms with Gasteiger partial charge in [0.25, 0.3) is 0 Å². The summed E-state index contributed by atoms with van der Waals surface area (Å²) in [7, 11) is 0. The first kappa shape index (κ1) is 13.9. The standard InChI is InChI=1S/C11H21NO3/c1-7(2)12-9(13)6-8(10(14)15)11(3,4)5/h7-8H,6H2,1-5H3,(H,12,13)(H,14,15). The summed E-state index contributed by atoms with van der Waals surface area (Å²) in [5, 5.41) is 11.7. The highest BCUT2D eigenvalue weighted by atomic mass is 16.4. The third-order valence-electron chi connectivity index (χ3n) is 2.18. The van der Waals surface area contributed by atoms with Gasteiger partial charge < -0.3 is 10.4 Å². The largest absolute Gasteiger partial charge is 0.481 e. The second kappa shape index (κ2) is 5.14. The minimum absolute atomic E-state index is 0.0387. The van der Waals surface area contributed by atoms with Gasteiger partial charge in [-0.25, -0.2) is 0 Å². The maximum absolute atomic E-state index is 11.4. The molecular formula is C11H21NO3. The van der Waals surface area contributed by atoms with E-state index in [0.29, 0.717) is 0 Å². The maximum Gasteiger partial charge on any atom is 0.307 e. The summed E-state index contributed by atoms with van der Waals surface area (Å²) < 4.78 is 0. The van der Waals surface area contributed by atoms with E-state index in [2.05, 4.69) is 5.32 Å². The van der Waals surface area contributed by atoms with Gasteiger partial charge in [-0.15, -0.1) is 0 Å². The Balaban J connectivity index is 4.44. The van der Waals surface area contributed by atoms with Gasteiger partial charge in [0.2, 0.25) is 5.91 Å². The zero-order valence-corrected chi connectivity index (χ0v) is 10.1. The fourth-order valence-corrected chi connectivity index (χ4v) is 1.33. The van der Waals surface area contributed by atoms with Crippen molar-refractivity contribution in [2.75, 3.05) is 0 Å². The molecule has 0 spiro atoms. The minimum Gasteiger partial charge on any atom is -0.481 e. The molecule has 0 aromatic carbocycles. The highest BCUT2D eigenvalue weighted by molar-refractivity contribution is 5.82. The van der Waals surface area contributed by atoms with Crippen LogP contribution >= 0.6 is 0 Å². The van der Waals surface area contributed by atoms with Gasteiger partial charge in [0, 0.05) is 12.5 Å². The van der Waals surface area contributed by atoms with Crippen LogP contribution in [0.2, 0.25) is 0 Å². The highest BCUT2D eigenvalue weighted by Crippen LogP contribution is 2.28. The van der Waals surface area contributed by atoms with Crippen molar-refractivity contribution >= 4 is 11.9 Å². The third-order valence-corrected chi connectivity index (χ3v) is 2.18. The van der Waals surface area contributed by atoms with E-state index in [1.54, 1.807) is 0 Å².